The molecule has 6 atom stereocenters. The molecule has 1 N–H and O–H groups in total. The molecule has 270 valence electrons. The molecule has 3 fully saturated rings. The molecule has 2 aromatic carbocycles. The lowest BCUT2D eigenvalue weighted by atomic mass is 9.74. The molecule has 8 nitrogen and oxygen atoms in total. The molecule has 4 heterocycles. The van der Waals surface area contributed by atoms with Crippen LogP contribution in [0.3, 0.4) is 0 Å². The lowest BCUT2D eigenvalue weighted by Gasteiger charge is -2.43. The average molecular weight is 686 g/mol. The van der Waals surface area contributed by atoms with Crippen LogP contribution in [0.1, 0.15) is 76.3 Å². The van der Waals surface area contributed by atoms with Gasteiger partial charge in [0, 0.05) is 50.1 Å². The Hall–Kier alpha value is -3.30. The highest BCUT2D eigenvalue weighted by molar-refractivity contribution is 5.47. The molecular weight excluding hydrogens is 630 g/mol. The monoisotopic (exact) mass is 685 g/mol. The van der Waals surface area contributed by atoms with E-state index in [1.54, 1.807) is 0 Å². The van der Waals surface area contributed by atoms with Crippen LogP contribution in [0.4, 0.5) is 0 Å². The fourth-order valence-corrected chi connectivity index (χ4v) is 7.87. The van der Waals surface area contributed by atoms with Crippen molar-refractivity contribution in [3.8, 4) is 17.2 Å². The first-order valence-corrected chi connectivity index (χ1v) is 19.0. The molecule has 3 saturated heterocycles. The molecule has 0 aromatic heterocycles. The predicted octanol–water partition coefficient (Wildman–Crippen LogP) is 7.50. The number of nitrogens with zero attached hydrogens (tertiary/aromatic N) is 1. The maximum atomic E-state index is 12.3. The van der Waals surface area contributed by atoms with Gasteiger partial charge in [0.15, 0.2) is 6.29 Å². The maximum absolute atomic E-state index is 12.3. The Bertz CT molecular complexity index is 1500. The lowest BCUT2D eigenvalue weighted by molar-refractivity contribution is -0.106. The standard InChI is InChI=1S/C42H55NO7/c1-30-19-20-43(28-30)21-24-46-33-13-11-32(12-14-33)26-39-38(25-31-9-15-34(16-10-31)48-29-36-7-3-5-22-45-36)42(2,44)37-18-17-35(27-40(37)50-39)49-41-8-4-6-23-47-41/h9,11-18,25,27,30,36,38-39,41,44H,3-8,10,19-24,26,28-29H2,1-2H3. The highest BCUT2D eigenvalue weighted by atomic mass is 16.7. The summed E-state index contributed by atoms with van der Waals surface area (Å²) in [6.07, 6.45) is 17.1. The van der Waals surface area contributed by atoms with Crippen molar-refractivity contribution < 1.29 is 33.5 Å². The zero-order valence-corrected chi connectivity index (χ0v) is 29.9. The minimum absolute atomic E-state index is 0.172. The summed E-state index contributed by atoms with van der Waals surface area (Å²) in [5.74, 6) is 3.57. The van der Waals surface area contributed by atoms with Crippen LogP contribution in [0.5, 0.6) is 17.2 Å². The van der Waals surface area contributed by atoms with Crippen molar-refractivity contribution in [1.82, 2.24) is 4.90 Å². The summed E-state index contributed by atoms with van der Waals surface area (Å²) in [6, 6.07) is 14.1. The fourth-order valence-electron chi connectivity index (χ4n) is 7.87. The van der Waals surface area contributed by atoms with Crippen LogP contribution in [0.2, 0.25) is 0 Å². The van der Waals surface area contributed by atoms with Crippen LogP contribution in [0.25, 0.3) is 0 Å². The van der Waals surface area contributed by atoms with Gasteiger partial charge in [0.2, 0.25) is 0 Å². The van der Waals surface area contributed by atoms with Gasteiger partial charge in [0.05, 0.1) is 12.7 Å². The summed E-state index contributed by atoms with van der Waals surface area (Å²) < 4.78 is 36.9. The molecular formula is C42H55NO7. The first-order valence-electron chi connectivity index (χ1n) is 19.0. The Kier molecular flexibility index (Phi) is 11.5. The Morgan fingerprint density at radius 3 is 2.48 bits per heavy atom. The Morgan fingerprint density at radius 2 is 1.76 bits per heavy atom. The molecule has 1 aliphatic carbocycles. The van der Waals surface area contributed by atoms with Crippen molar-refractivity contribution in [3.05, 3.63) is 89.2 Å². The summed E-state index contributed by atoms with van der Waals surface area (Å²) in [6.45, 7) is 10.3. The minimum atomic E-state index is -1.17. The van der Waals surface area contributed by atoms with Crippen LogP contribution in [0.15, 0.2) is 78.1 Å². The maximum Gasteiger partial charge on any atom is 0.199 e. The third-order valence-corrected chi connectivity index (χ3v) is 10.9. The number of likely N-dealkylation sites (tertiary alicyclic amines) is 1. The van der Waals surface area contributed by atoms with Gasteiger partial charge in [-0.05, 0) is 112 Å². The van der Waals surface area contributed by atoms with Crippen molar-refractivity contribution in [3.63, 3.8) is 0 Å². The molecule has 0 spiro atoms. The number of allylic oxidation sites excluding steroid dienone is 4. The van der Waals surface area contributed by atoms with E-state index in [2.05, 4.69) is 54.3 Å². The summed E-state index contributed by atoms with van der Waals surface area (Å²) in [5.41, 5.74) is 1.84. The number of rotatable bonds is 12. The minimum Gasteiger partial charge on any atom is -0.492 e. The van der Waals surface area contributed by atoms with E-state index in [1.165, 1.54) is 12.8 Å². The third kappa shape index (κ3) is 8.94. The van der Waals surface area contributed by atoms with Crippen molar-refractivity contribution >= 4 is 0 Å². The van der Waals surface area contributed by atoms with Gasteiger partial charge in [0.1, 0.15) is 47.9 Å². The number of benzene rings is 2. The second-order valence-electron chi connectivity index (χ2n) is 15.0. The second-order valence-corrected chi connectivity index (χ2v) is 15.0. The molecule has 0 amide bonds. The van der Waals surface area contributed by atoms with E-state index in [0.29, 0.717) is 37.7 Å². The van der Waals surface area contributed by atoms with Crippen molar-refractivity contribution in [1.29, 1.82) is 0 Å². The Labute approximate surface area is 298 Å². The van der Waals surface area contributed by atoms with Gasteiger partial charge in [-0.15, -0.1) is 0 Å². The summed E-state index contributed by atoms with van der Waals surface area (Å²) in [7, 11) is 0. The van der Waals surface area contributed by atoms with Gasteiger partial charge in [-0.1, -0.05) is 31.2 Å². The Balaban J connectivity index is 1.06. The topological polar surface area (TPSA) is 78.9 Å². The normalized spacial score (nSPS) is 30.7. The number of hydrogen-bond donors (Lipinski definition) is 1. The molecule has 0 bridgehead atoms. The van der Waals surface area contributed by atoms with E-state index in [-0.39, 0.29) is 24.4 Å². The van der Waals surface area contributed by atoms with Gasteiger partial charge in [-0.25, -0.2) is 0 Å². The van der Waals surface area contributed by atoms with Gasteiger partial charge in [0.25, 0.3) is 0 Å². The van der Waals surface area contributed by atoms with E-state index in [9.17, 15) is 5.11 Å². The van der Waals surface area contributed by atoms with Gasteiger partial charge in [-0.3, -0.25) is 4.90 Å². The molecule has 8 heteroatoms. The van der Waals surface area contributed by atoms with Crippen LogP contribution in [-0.4, -0.2) is 74.6 Å². The van der Waals surface area contributed by atoms with Crippen molar-refractivity contribution in [2.75, 3.05) is 46.1 Å². The van der Waals surface area contributed by atoms with E-state index >= 15 is 0 Å². The molecule has 7 rings (SSSR count). The Morgan fingerprint density at radius 1 is 0.940 bits per heavy atom. The van der Waals surface area contributed by atoms with Crippen LogP contribution in [-0.2, 0) is 26.2 Å². The molecule has 0 radical (unpaired) electrons. The van der Waals surface area contributed by atoms with E-state index in [1.807, 2.05) is 31.2 Å². The zero-order chi connectivity index (χ0) is 34.3. The van der Waals surface area contributed by atoms with E-state index in [0.717, 1.165) is 98.9 Å². The van der Waals surface area contributed by atoms with Crippen LogP contribution in [0, 0.1) is 11.8 Å². The average Bonchev–Trinajstić information content (AvgIpc) is 3.55. The largest absolute Gasteiger partial charge is 0.492 e. The summed E-state index contributed by atoms with van der Waals surface area (Å²) in [4.78, 5) is 2.48. The fraction of sp³-hybridized carbons (Fsp3) is 0.571. The number of aliphatic hydroxyl groups is 1. The van der Waals surface area contributed by atoms with E-state index in [4.69, 9.17) is 28.4 Å². The van der Waals surface area contributed by atoms with Crippen LogP contribution < -0.4 is 14.2 Å². The first kappa shape index (κ1) is 35.1. The lowest BCUT2D eigenvalue weighted by Crippen LogP contribution is -2.46. The quantitative estimate of drug-likeness (QED) is 0.246. The summed E-state index contributed by atoms with van der Waals surface area (Å²) in [5, 5.41) is 12.3. The molecule has 4 aliphatic heterocycles. The molecule has 50 heavy (non-hydrogen) atoms. The van der Waals surface area contributed by atoms with E-state index < -0.39 is 5.60 Å². The van der Waals surface area contributed by atoms with Crippen molar-refractivity contribution in [2.24, 2.45) is 11.8 Å². The van der Waals surface area contributed by atoms with Gasteiger partial charge >= 0.3 is 0 Å². The number of fused-ring (bicyclic) bond motifs is 1. The third-order valence-electron chi connectivity index (χ3n) is 10.9. The molecule has 6 unspecified atom stereocenters. The second kappa shape index (κ2) is 16.4. The molecule has 2 aromatic rings. The summed E-state index contributed by atoms with van der Waals surface area (Å²) >= 11 is 0. The zero-order valence-electron chi connectivity index (χ0n) is 29.9. The molecule has 5 aliphatic rings. The molecule has 0 saturated carbocycles. The van der Waals surface area contributed by atoms with Crippen molar-refractivity contribution in [2.45, 2.75) is 95.7 Å². The highest BCUT2D eigenvalue weighted by Crippen LogP contribution is 2.47. The van der Waals surface area contributed by atoms with Crippen LogP contribution >= 0.6 is 0 Å². The number of hydrogen-bond acceptors (Lipinski definition) is 8. The predicted molar refractivity (Wildman–Crippen MR) is 193 cm³/mol. The number of ether oxygens (including phenoxy) is 6. The SMILES string of the molecule is CC1CCN(CCOc2ccc(CC3Oc4cc(OC5CCCCO5)ccc4C(C)(O)C3C=C3C=CC(OCC4CCCCO4)=CC3)cc2)C1. The first-order chi connectivity index (χ1) is 24.4. The van der Waals surface area contributed by atoms with Gasteiger partial charge in [-0.2, -0.15) is 0 Å². The smallest absolute Gasteiger partial charge is 0.199 e. The highest BCUT2D eigenvalue weighted by Gasteiger charge is 2.45. The van der Waals surface area contributed by atoms with Gasteiger partial charge < -0.3 is 33.5 Å².